The quantitative estimate of drug-likeness (QED) is 0.0759. The van der Waals surface area contributed by atoms with Crippen molar-refractivity contribution in [3.05, 3.63) is 89.0 Å². The van der Waals surface area contributed by atoms with Crippen LogP contribution in [0, 0.1) is 10.8 Å². The smallest absolute Gasteiger partial charge is 0.410 e. The zero-order chi connectivity index (χ0) is 50.7. The summed E-state index contributed by atoms with van der Waals surface area (Å²) in [6, 6.07) is 14.2. The first-order valence-corrected chi connectivity index (χ1v) is 24.8. The molecule has 2 aromatic carbocycles. The fourth-order valence-corrected chi connectivity index (χ4v) is 9.05. The minimum atomic E-state index is -0.902. The number of piperazine rings is 3. The lowest BCUT2D eigenvalue weighted by atomic mass is 9.96. The van der Waals surface area contributed by atoms with E-state index in [2.05, 4.69) is 9.97 Å². The van der Waals surface area contributed by atoms with Crippen LogP contribution in [0.5, 0.6) is 0 Å². The molecular formula is C50H70N12O9. The number of aromatic nitrogens is 2. The predicted molar refractivity (Wildman–Crippen MR) is 264 cm³/mol. The number of unbranched alkanes of at least 4 members (excludes halogenated alkanes) is 2. The third kappa shape index (κ3) is 16.7. The molecule has 4 fully saturated rings. The summed E-state index contributed by atoms with van der Waals surface area (Å²) in [4.78, 5) is 91.4. The largest absolute Gasteiger partial charge is 0.465 e. The van der Waals surface area contributed by atoms with E-state index < -0.39 is 6.09 Å². The second kappa shape index (κ2) is 26.7. The molecule has 3 saturated heterocycles. The molecule has 1 aromatic heterocycles. The molecule has 384 valence electrons. The van der Waals surface area contributed by atoms with Gasteiger partial charge in [0.25, 0.3) is 0 Å². The van der Waals surface area contributed by atoms with Gasteiger partial charge in [-0.25, -0.2) is 19.4 Å². The Labute approximate surface area is 414 Å². The second-order valence-electron chi connectivity index (χ2n) is 18.5. The van der Waals surface area contributed by atoms with Gasteiger partial charge < -0.3 is 60.4 Å². The average Bonchev–Trinajstić information content (AvgIpc) is 3.89. The Bertz CT molecular complexity index is 2130. The number of amides is 6. The Hall–Kier alpha value is -7.19. The SMILES string of the molecule is N=C(N)c1ccc(CC(=O)N2CCN(C(=O)O[C@H]3CCC[C@@H](OC(=O)N4CCN(C(=O)Cc5ccc(C(=N)N)cc5)CC4)CCC3)CC2)cc1.O=C(O)N1CCN(C(=O)CCCCCc2c[nH]cn2)CC1. The highest BCUT2D eigenvalue weighted by Crippen LogP contribution is 2.24. The number of aromatic amines is 1. The summed E-state index contributed by atoms with van der Waals surface area (Å²) in [6.07, 6.45) is 10.8. The zero-order valence-corrected chi connectivity index (χ0v) is 40.6. The van der Waals surface area contributed by atoms with Crippen LogP contribution in [0.1, 0.15) is 92.2 Å². The Balaban J connectivity index is 0.000000327. The third-order valence-electron chi connectivity index (χ3n) is 13.4. The fraction of sp³-hybridized carbons (Fsp3) is 0.540. The zero-order valence-electron chi connectivity index (χ0n) is 40.6. The van der Waals surface area contributed by atoms with Gasteiger partial charge in [-0.05, 0) is 68.9 Å². The van der Waals surface area contributed by atoms with Crippen LogP contribution in [0.15, 0.2) is 61.1 Å². The number of benzene rings is 2. The number of hydrogen-bond acceptors (Lipinski definition) is 11. The molecule has 1 aliphatic carbocycles. The molecule has 4 heterocycles. The Kier molecular flexibility index (Phi) is 20.0. The van der Waals surface area contributed by atoms with E-state index >= 15 is 0 Å². The average molecular weight is 983 g/mol. The van der Waals surface area contributed by atoms with Gasteiger partial charge in [-0.15, -0.1) is 0 Å². The first kappa shape index (κ1) is 53.2. The summed E-state index contributed by atoms with van der Waals surface area (Å²) in [7, 11) is 0. The van der Waals surface area contributed by atoms with Crippen LogP contribution < -0.4 is 11.5 Å². The number of ether oxygens (including phenoxy) is 2. The summed E-state index contributed by atoms with van der Waals surface area (Å²) in [5.41, 5.74) is 15.0. The number of hydrogen-bond donors (Lipinski definition) is 6. The van der Waals surface area contributed by atoms with Gasteiger partial charge in [0.15, 0.2) is 0 Å². The van der Waals surface area contributed by atoms with Crippen LogP contribution in [0.3, 0.4) is 0 Å². The summed E-state index contributed by atoms with van der Waals surface area (Å²) in [5, 5.41) is 23.9. The van der Waals surface area contributed by atoms with Gasteiger partial charge in [0.1, 0.15) is 23.9 Å². The van der Waals surface area contributed by atoms with Crippen molar-refractivity contribution in [2.75, 3.05) is 78.5 Å². The number of rotatable bonds is 14. The maximum Gasteiger partial charge on any atom is 0.410 e. The first-order chi connectivity index (χ1) is 34.2. The minimum Gasteiger partial charge on any atom is -0.465 e. The molecule has 0 bridgehead atoms. The molecule has 8 N–H and O–H groups in total. The van der Waals surface area contributed by atoms with Gasteiger partial charge >= 0.3 is 18.3 Å². The van der Waals surface area contributed by atoms with Gasteiger partial charge in [0.05, 0.1) is 24.9 Å². The van der Waals surface area contributed by atoms with Crippen LogP contribution in [-0.2, 0) is 43.1 Å². The molecule has 0 unspecified atom stereocenters. The van der Waals surface area contributed by atoms with Crippen LogP contribution in [0.2, 0.25) is 0 Å². The van der Waals surface area contributed by atoms with E-state index in [0.717, 1.165) is 55.3 Å². The Morgan fingerprint density at radius 2 is 0.958 bits per heavy atom. The van der Waals surface area contributed by atoms with Crippen LogP contribution in [-0.4, -0.2) is 183 Å². The van der Waals surface area contributed by atoms with E-state index in [1.807, 2.05) is 6.20 Å². The minimum absolute atomic E-state index is 0.00775. The highest BCUT2D eigenvalue weighted by Gasteiger charge is 2.30. The van der Waals surface area contributed by atoms with Gasteiger partial charge in [-0.1, -0.05) is 55.0 Å². The standard InChI is InChI=1S/C36H48N8O6.C14H22N4O3/c37-33(38)27-11-7-25(8-12-27)23-31(45)41-15-19-43(20-16-41)35(47)49-29-3-1-4-30(6-2-5-29)50-36(48)44-21-17-42(18-22-44)32(46)24-26-9-13-28(14-10-26)34(39)40;19-13(17-6-8-18(9-7-17)14(20)21)5-3-1-2-4-12-10-15-11-16-12/h7-14,29-30H,1-6,15-24H2,(H3,37,38)(H3,39,40);10-11H,1-9H2,(H,15,16)(H,20,21)/t29-,30+;. The van der Waals surface area contributed by atoms with Gasteiger partial charge in [-0.2, -0.15) is 0 Å². The number of imidazole rings is 1. The predicted octanol–water partition coefficient (Wildman–Crippen LogP) is 4.03. The monoisotopic (exact) mass is 983 g/mol. The van der Waals surface area contributed by atoms with Crippen molar-refractivity contribution in [1.29, 1.82) is 10.8 Å². The highest BCUT2D eigenvalue weighted by molar-refractivity contribution is 5.95. The van der Waals surface area contributed by atoms with Crippen molar-refractivity contribution >= 4 is 47.7 Å². The van der Waals surface area contributed by atoms with Crippen molar-refractivity contribution in [1.82, 2.24) is 39.4 Å². The number of H-pyrrole nitrogens is 1. The Morgan fingerprint density at radius 1 is 0.563 bits per heavy atom. The van der Waals surface area contributed by atoms with E-state index in [4.69, 9.17) is 36.9 Å². The Morgan fingerprint density at radius 3 is 1.34 bits per heavy atom. The number of nitrogens with zero attached hydrogens (tertiary/aromatic N) is 7. The third-order valence-corrected chi connectivity index (χ3v) is 13.4. The number of nitrogens with two attached hydrogens (primary N) is 2. The number of nitrogen functional groups attached to an aromatic ring is 2. The number of nitrogens with one attached hydrogen (secondary N) is 3. The van der Waals surface area contributed by atoms with Crippen molar-refractivity contribution < 1.29 is 43.3 Å². The van der Waals surface area contributed by atoms with Crippen molar-refractivity contribution in [3.63, 3.8) is 0 Å². The van der Waals surface area contributed by atoms with E-state index in [0.29, 0.717) is 122 Å². The van der Waals surface area contributed by atoms with Crippen LogP contribution in [0.25, 0.3) is 0 Å². The molecule has 21 heteroatoms. The normalized spacial score (nSPS) is 18.5. The van der Waals surface area contributed by atoms with E-state index in [1.165, 1.54) is 4.90 Å². The number of aryl methyl sites for hydroxylation is 1. The number of carbonyl (C=O) groups is 6. The maximum absolute atomic E-state index is 13.0. The number of amidine groups is 2. The molecule has 0 spiro atoms. The van der Waals surface area contributed by atoms with Crippen LogP contribution in [0.4, 0.5) is 14.4 Å². The van der Waals surface area contributed by atoms with E-state index in [-0.39, 0.29) is 66.6 Å². The summed E-state index contributed by atoms with van der Waals surface area (Å²) < 4.78 is 11.8. The molecule has 3 aliphatic heterocycles. The summed E-state index contributed by atoms with van der Waals surface area (Å²) in [6.45, 7) is 5.29. The molecule has 4 aliphatic rings. The van der Waals surface area contributed by atoms with Gasteiger partial charge in [0, 0.05) is 102 Å². The highest BCUT2D eigenvalue weighted by atomic mass is 16.6. The van der Waals surface area contributed by atoms with Crippen molar-refractivity contribution in [3.8, 4) is 0 Å². The maximum atomic E-state index is 13.0. The molecule has 3 aromatic rings. The van der Waals surface area contributed by atoms with Crippen LogP contribution >= 0.6 is 0 Å². The lowest BCUT2D eigenvalue weighted by Gasteiger charge is -2.36. The lowest BCUT2D eigenvalue weighted by Crippen LogP contribution is -2.51. The van der Waals surface area contributed by atoms with Crippen molar-refractivity contribution in [2.24, 2.45) is 11.5 Å². The molecule has 0 radical (unpaired) electrons. The second-order valence-corrected chi connectivity index (χ2v) is 18.5. The number of carboxylic acid groups (broad SMARTS) is 1. The lowest BCUT2D eigenvalue weighted by molar-refractivity contribution is -0.133. The molecule has 1 saturated carbocycles. The molecular weight excluding hydrogens is 913 g/mol. The molecule has 0 atom stereocenters. The van der Waals surface area contributed by atoms with Gasteiger partial charge in [0.2, 0.25) is 17.7 Å². The topological polar surface area (TPSA) is 289 Å². The van der Waals surface area contributed by atoms with E-state index in [9.17, 15) is 28.8 Å². The molecule has 71 heavy (non-hydrogen) atoms. The molecule has 21 nitrogen and oxygen atoms in total. The fourth-order valence-electron chi connectivity index (χ4n) is 9.05. The summed E-state index contributed by atoms with van der Waals surface area (Å²) in [5.74, 6) is 0.0978. The van der Waals surface area contributed by atoms with E-state index in [1.54, 1.807) is 79.4 Å². The summed E-state index contributed by atoms with van der Waals surface area (Å²) >= 11 is 0. The van der Waals surface area contributed by atoms with Gasteiger partial charge in [-0.3, -0.25) is 25.2 Å². The molecule has 6 amide bonds. The first-order valence-electron chi connectivity index (χ1n) is 24.8. The van der Waals surface area contributed by atoms with Crippen molar-refractivity contribution in [2.45, 2.75) is 95.7 Å². The number of carbonyl (C=O) groups excluding carboxylic acids is 5. The molecule has 7 rings (SSSR count).